The van der Waals surface area contributed by atoms with Crippen LogP contribution in [0.1, 0.15) is 32.6 Å². The van der Waals surface area contributed by atoms with Crippen LogP contribution < -0.4 is 10.5 Å². The van der Waals surface area contributed by atoms with Crippen molar-refractivity contribution in [2.24, 2.45) is 5.73 Å². The van der Waals surface area contributed by atoms with Gasteiger partial charge in [-0.1, -0.05) is 11.6 Å². The SMILES string of the molecule is CC1(Oc2ccc(Cl)cc2)CCC(N)CC1.Fc1ccc(F)cc1. The van der Waals surface area contributed by atoms with Crippen molar-refractivity contribution < 1.29 is 13.5 Å². The van der Waals surface area contributed by atoms with Crippen molar-refractivity contribution in [3.63, 3.8) is 0 Å². The highest BCUT2D eigenvalue weighted by atomic mass is 35.5. The molecule has 0 aliphatic heterocycles. The molecule has 0 unspecified atom stereocenters. The molecule has 3 rings (SSSR count). The second-order valence-corrected chi connectivity index (χ2v) is 6.72. The van der Waals surface area contributed by atoms with Crippen molar-refractivity contribution in [3.05, 3.63) is 65.2 Å². The zero-order valence-corrected chi connectivity index (χ0v) is 14.4. The molecule has 0 atom stereocenters. The van der Waals surface area contributed by atoms with Gasteiger partial charge in [-0.15, -0.1) is 0 Å². The maximum Gasteiger partial charge on any atom is 0.123 e. The smallest absolute Gasteiger partial charge is 0.123 e. The van der Waals surface area contributed by atoms with Crippen LogP contribution in [-0.4, -0.2) is 11.6 Å². The van der Waals surface area contributed by atoms with Crippen LogP contribution >= 0.6 is 11.6 Å². The molecule has 24 heavy (non-hydrogen) atoms. The van der Waals surface area contributed by atoms with Crippen LogP contribution in [0.15, 0.2) is 48.5 Å². The van der Waals surface area contributed by atoms with Gasteiger partial charge in [-0.3, -0.25) is 0 Å². The second kappa shape index (κ2) is 8.45. The van der Waals surface area contributed by atoms with Crippen LogP contribution in [0.2, 0.25) is 5.02 Å². The van der Waals surface area contributed by atoms with E-state index in [2.05, 4.69) is 6.92 Å². The van der Waals surface area contributed by atoms with Gasteiger partial charge in [-0.25, -0.2) is 8.78 Å². The molecule has 2 nitrogen and oxygen atoms in total. The summed E-state index contributed by atoms with van der Waals surface area (Å²) in [6, 6.07) is 12.2. The summed E-state index contributed by atoms with van der Waals surface area (Å²) in [7, 11) is 0. The maximum atomic E-state index is 11.9. The molecule has 2 aromatic carbocycles. The Morgan fingerprint density at radius 1 is 0.958 bits per heavy atom. The van der Waals surface area contributed by atoms with E-state index in [4.69, 9.17) is 22.1 Å². The third-order valence-electron chi connectivity index (χ3n) is 4.07. The molecule has 5 heteroatoms. The molecule has 1 saturated carbocycles. The highest BCUT2D eigenvalue weighted by molar-refractivity contribution is 6.30. The van der Waals surface area contributed by atoms with E-state index in [1.165, 1.54) is 0 Å². The van der Waals surface area contributed by atoms with E-state index < -0.39 is 11.6 Å². The minimum absolute atomic E-state index is 0.0658. The molecule has 0 aromatic heterocycles. The average molecular weight is 354 g/mol. The van der Waals surface area contributed by atoms with E-state index >= 15 is 0 Å². The molecular weight excluding hydrogens is 332 g/mol. The molecule has 0 amide bonds. The summed E-state index contributed by atoms with van der Waals surface area (Å²) < 4.78 is 29.9. The summed E-state index contributed by atoms with van der Waals surface area (Å²) in [6.07, 6.45) is 4.14. The second-order valence-electron chi connectivity index (χ2n) is 6.28. The van der Waals surface area contributed by atoms with Crippen LogP contribution in [0.5, 0.6) is 5.75 Å². The number of ether oxygens (including phenoxy) is 1. The van der Waals surface area contributed by atoms with Crippen molar-refractivity contribution in [1.82, 2.24) is 0 Å². The minimum Gasteiger partial charge on any atom is -0.488 e. The quantitative estimate of drug-likeness (QED) is 0.790. The van der Waals surface area contributed by atoms with Crippen LogP contribution in [0.4, 0.5) is 8.78 Å². The lowest BCUT2D eigenvalue weighted by atomic mass is 9.84. The molecule has 0 spiro atoms. The average Bonchev–Trinajstić information content (AvgIpc) is 2.56. The minimum atomic E-state index is -0.411. The predicted molar refractivity (Wildman–Crippen MR) is 93.3 cm³/mol. The van der Waals surface area contributed by atoms with E-state index in [1.54, 1.807) is 0 Å². The largest absolute Gasteiger partial charge is 0.488 e. The van der Waals surface area contributed by atoms with Crippen molar-refractivity contribution in [3.8, 4) is 5.75 Å². The Morgan fingerprint density at radius 3 is 1.88 bits per heavy atom. The predicted octanol–water partition coefficient (Wildman–Crippen LogP) is 5.34. The fourth-order valence-corrected chi connectivity index (χ4v) is 2.70. The Morgan fingerprint density at radius 2 is 1.42 bits per heavy atom. The fraction of sp³-hybridized carbons (Fsp3) is 0.368. The highest BCUT2D eigenvalue weighted by Gasteiger charge is 2.31. The Hall–Kier alpha value is -1.65. The first-order valence-corrected chi connectivity index (χ1v) is 8.35. The van der Waals surface area contributed by atoms with Crippen LogP contribution in [0.3, 0.4) is 0 Å². The summed E-state index contributed by atoms with van der Waals surface area (Å²) in [5.74, 6) is 0.0696. The van der Waals surface area contributed by atoms with Crippen molar-refractivity contribution in [2.45, 2.75) is 44.2 Å². The van der Waals surface area contributed by atoms with E-state index in [1.807, 2.05) is 24.3 Å². The van der Waals surface area contributed by atoms with Gasteiger partial charge in [0.15, 0.2) is 0 Å². The molecule has 0 saturated heterocycles. The standard InChI is InChI=1S/C13H18ClNO.C6H4F2/c1-13(8-6-11(15)7-9-13)16-12-4-2-10(14)3-5-12;7-5-1-2-6(8)4-3-5/h2-5,11H,6-9,15H2,1H3;1-4H. The third kappa shape index (κ3) is 6.10. The van der Waals surface area contributed by atoms with Gasteiger partial charge in [0.05, 0.1) is 0 Å². The van der Waals surface area contributed by atoms with Gasteiger partial charge in [0.1, 0.15) is 23.0 Å². The monoisotopic (exact) mass is 353 g/mol. The molecule has 0 bridgehead atoms. The summed E-state index contributed by atoms with van der Waals surface area (Å²) in [5.41, 5.74) is 5.83. The molecular formula is C19H22ClF2NO. The van der Waals surface area contributed by atoms with Gasteiger partial charge in [-0.05, 0) is 81.1 Å². The van der Waals surface area contributed by atoms with Gasteiger partial charge in [0.25, 0.3) is 0 Å². The van der Waals surface area contributed by atoms with Gasteiger partial charge >= 0.3 is 0 Å². The lowest BCUT2D eigenvalue weighted by Crippen LogP contribution is -2.40. The van der Waals surface area contributed by atoms with Crippen molar-refractivity contribution in [2.75, 3.05) is 0 Å². The fourth-order valence-electron chi connectivity index (χ4n) is 2.57. The lowest BCUT2D eigenvalue weighted by Gasteiger charge is -2.36. The number of rotatable bonds is 2. The molecule has 0 radical (unpaired) electrons. The Kier molecular flexibility index (Phi) is 6.58. The van der Waals surface area contributed by atoms with E-state index in [0.29, 0.717) is 6.04 Å². The number of nitrogens with two attached hydrogens (primary N) is 1. The topological polar surface area (TPSA) is 35.2 Å². The first kappa shape index (κ1) is 18.7. The summed E-state index contributed by atoms with van der Waals surface area (Å²) in [5, 5.41) is 0.739. The Labute approximate surface area is 146 Å². The van der Waals surface area contributed by atoms with Crippen LogP contribution in [0, 0.1) is 11.6 Å². The van der Waals surface area contributed by atoms with Crippen molar-refractivity contribution >= 4 is 11.6 Å². The third-order valence-corrected chi connectivity index (χ3v) is 4.32. The Bertz CT molecular complexity index is 602. The van der Waals surface area contributed by atoms with Gasteiger partial charge in [0.2, 0.25) is 0 Å². The number of hydrogen-bond donors (Lipinski definition) is 1. The van der Waals surface area contributed by atoms with Crippen LogP contribution in [-0.2, 0) is 0 Å². The van der Waals surface area contributed by atoms with Gasteiger partial charge in [-0.2, -0.15) is 0 Å². The van der Waals surface area contributed by atoms with E-state index in [0.717, 1.165) is 60.7 Å². The molecule has 2 N–H and O–H groups in total. The molecule has 1 fully saturated rings. The van der Waals surface area contributed by atoms with E-state index in [-0.39, 0.29) is 5.60 Å². The Balaban J connectivity index is 0.000000219. The molecule has 2 aromatic rings. The van der Waals surface area contributed by atoms with Gasteiger partial charge in [0, 0.05) is 11.1 Å². The lowest BCUT2D eigenvalue weighted by molar-refractivity contribution is 0.0435. The molecule has 0 heterocycles. The zero-order chi connectivity index (χ0) is 17.6. The number of halogens is 3. The van der Waals surface area contributed by atoms with Crippen LogP contribution in [0.25, 0.3) is 0 Å². The van der Waals surface area contributed by atoms with Gasteiger partial charge < -0.3 is 10.5 Å². The summed E-state index contributed by atoms with van der Waals surface area (Å²) >= 11 is 5.84. The molecule has 1 aliphatic carbocycles. The zero-order valence-electron chi connectivity index (χ0n) is 13.6. The first-order chi connectivity index (χ1) is 11.4. The maximum absolute atomic E-state index is 11.9. The normalized spacial score (nSPS) is 23.1. The summed E-state index contributed by atoms with van der Waals surface area (Å²) in [4.78, 5) is 0. The summed E-state index contributed by atoms with van der Waals surface area (Å²) in [6.45, 7) is 2.16. The van der Waals surface area contributed by atoms with E-state index in [9.17, 15) is 8.78 Å². The first-order valence-electron chi connectivity index (χ1n) is 7.97. The number of hydrogen-bond acceptors (Lipinski definition) is 2. The highest BCUT2D eigenvalue weighted by Crippen LogP contribution is 2.32. The molecule has 130 valence electrons. The number of benzene rings is 2. The molecule has 1 aliphatic rings. The van der Waals surface area contributed by atoms with Crippen molar-refractivity contribution in [1.29, 1.82) is 0 Å².